The third-order valence-corrected chi connectivity index (χ3v) is 3.86. The minimum atomic E-state index is -0.148. The van der Waals surface area contributed by atoms with Gasteiger partial charge in [-0.05, 0) is 30.5 Å². The van der Waals surface area contributed by atoms with Crippen LogP contribution in [0.15, 0.2) is 35.5 Å². The first kappa shape index (κ1) is 15.7. The van der Waals surface area contributed by atoms with Crippen molar-refractivity contribution in [3.05, 3.63) is 52.2 Å². The lowest BCUT2D eigenvalue weighted by molar-refractivity contribution is 0.398. The summed E-state index contributed by atoms with van der Waals surface area (Å²) in [6.45, 7) is 0.595. The van der Waals surface area contributed by atoms with E-state index in [1.54, 1.807) is 27.6 Å². The molecule has 0 atom stereocenters. The number of aromatic nitrogens is 4. The van der Waals surface area contributed by atoms with Gasteiger partial charge in [0.05, 0.1) is 24.2 Å². The standard InChI is InChI=1S/C17H17N5O2/c1-21-11-12(10-19-21)4-3-6-22-7-5-15-14(17(22)23)8-13(9-18)16(20-15)24-2/h5,7-8,10-11H,3-4,6H2,1-2H3. The molecule has 0 aliphatic heterocycles. The van der Waals surface area contributed by atoms with E-state index in [4.69, 9.17) is 10.00 Å². The second kappa shape index (κ2) is 6.54. The Morgan fingerprint density at radius 1 is 1.42 bits per heavy atom. The van der Waals surface area contributed by atoms with Gasteiger partial charge in [-0.15, -0.1) is 0 Å². The molecule has 0 saturated carbocycles. The van der Waals surface area contributed by atoms with Crippen LogP contribution >= 0.6 is 0 Å². The van der Waals surface area contributed by atoms with E-state index in [0.29, 0.717) is 17.4 Å². The van der Waals surface area contributed by atoms with Gasteiger partial charge in [0.25, 0.3) is 5.56 Å². The van der Waals surface area contributed by atoms with E-state index in [-0.39, 0.29) is 17.0 Å². The van der Waals surface area contributed by atoms with Crippen LogP contribution in [0.25, 0.3) is 10.9 Å². The third kappa shape index (κ3) is 2.99. The maximum Gasteiger partial charge on any atom is 0.260 e. The van der Waals surface area contributed by atoms with Crippen LogP contribution in [-0.2, 0) is 20.0 Å². The van der Waals surface area contributed by atoms with Gasteiger partial charge < -0.3 is 9.30 Å². The number of aryl methyl sites for hydroxylation is 3. The number of fused-ring (bicyclic) bond motifs is 1. The topological polar surface area (TPSA) is 85.7 Å². The van der Waals surface area contributed by atoms with Gasteiger partial charge in [-0.25, -0.2) is 4.98 Å². The van der Waals surface area contributed by atoms with Crippen molar-refractivity contribution in [2.24, 2.45) is 7.05 Å². The molecule has 0 fully saturated rings. The van der Waals surface area contributed by atoms with Crippen molar-refractivity contribution >= 4 is 10.9 Å². The lowest BCUT2D eigenvalue weighted by Gasteiger charge is -2.08. The van der Waals surface area contributed by atoms with Gasteiger partial charge in [0.15, 0.2) is 0 Å². The van der Waals surface area contributed by atoms with E-state index in [0.717, 1.165) is 18.4 Å². The zero-order valence-corrected chi connectivity index (χ0v) is 13.6. The zero-order chi connectivity index (χ0) is 17.1. The fourth-order valence-corrected chi connectivity index (χ4v) is 2.66. The predicted molar refractivity (Wildman–Crippen MR) is 88.8 cm³/mol. The molecular formula is C17H17N5O2. The molecule has 122 valence electrons. The van der Waals surface area contributed by atoms with E-state index in [2.05, 4.69) is 10.1 Å². The molecule has 3 aromatic heterocycles. The highest BCUT2D eigenvalue weighted by Crippen LogP contribution is 2.19. The molecule has 0 aliphatic carbocycles. The van der Waals surface area contributed by atoms with Crippen molar-refractivity contribution in [3.63, 3.8) is 0 Å². The smallest absolute Gasteiger partial charge is 0.260 e. The molecule has 7 nitrogen and oxygen atoms in total. The first-order valence-corrected chi connectivity index (χ1v) is 7.58. The van der Waals surface area contributed by atoms with Crippen LogP contribution in [0.1, 0.15) is 17.5 Å². The number of ether oxygens (including phenoxy) is 1. The first-order chi connectivity index (χ1) is 11.6. The van der Waals surface area contributed by atoms with Crippen LogP contribution in [-0.4, -0.2) is 26.4 Å². The van der Waals surface area contributed by atoms with Crippen molar-refractivity contribution in [1.29, 1.82) is 5.26 Å². The van der Waals surface area contributed by atoms with Crippen molar-refractivity contribution in [2.75, 3.05) is 7.11 Å². The highest BCUT2D eigenvalue weighted by atomic mass is 16.5. The Morgan fingerprint density at radius 2 is 2.25 bits per heavy atom. The molecule has 7 heteroatoms. The normalized spacial score (nSPS) is 10.7. The molecule has 0 amide bonds. The highest BCUT2D eigenvalue weighted by Gasteiger charge is 2.10. The third-order valence-electron chi connectivity index (χ3n) is 3.86. The molecular weight excluding hydrogens is 306 g/mol. The Morgan fingerprint density at radius 3 is 2.92 bits per heavy atom. The van der Waals surface area contributed by atoms with Crippen LogP contribution in [0.4, 0.5) is 0 Å². The summed E-state index contributed by atoms with van der Waals surface area (Å²) in [7, 11) is 3.33. The Hall–Kier alpha value is -3.14. The van der Waals surface area contributed by atoms with E-state index < -0.39 is 0 Å². The predicted octanol–water partition coefficient (Wildman–Crippen LogP) is 1.64. The van der Waals surface area contributed by atoms with Gasteiger partial charge in [-0.3, -0.25) is 9.48 Å². The minimum absolute atomic E-state index is 0.148. The number of pyridine rings is 2. The maximum atomic E-state index is 12.6. The number of nitriles is 1. The maximum absolute atomic E-state index is 12.6. The molecule has 0 aliphatic rings. The summed E-state index contributed by atoms with van der Waals surface area (Å²) in [5, 5.41) is 13.7. The average molecular weight is 323 g/mol. The summed E-state index contributed by atoms with van der Waals surface area (Å²) in [6, 6.07) is 5.32. The molecule has 0 radical (unpaired) electrons. The first-order valence-electron chi connectivity index (χ1n) is 7.58. The molecule has 0 saturated heterocycles. The van der Waals surface area contributed by atoms with Gasteiger partial charge >= 0.3 is 0 Å². The van der Waals surface area contributed by atoms with Crippen molar-refractivity contribution in [2.45, 2.75) is 19.4 Å². The summed E-state index contributed by atoms with van der Waals surface area (Å²) in [4.78, 5) is 16.8. The molecule has 0 N–H and O–H groups in total. The van der Waals surface area contributed by atoms with Crippen LogP contribution in [0.3, 0.4) is 0 Å². The van der Waals surface area contributed by atoms with Crippen molar-refractivity contribution in [3.8, 4) is 11.9 Å². The molecule has 3 aromatic rings. The SMILES string of the molecule is COc1nc2ccn(CCCc3cnn(C)c3)c(=O)c2cc1C#N. The number of hydrogen-bond acceptors (Lipinski definition) is 5. The van der Waals surface area contributed by atoms with Crippen LogP contribution in [0.2, 0.25) is 0 Å². The van der Waals surface area contributed by atoms with E-state index in [1.165, 1.54) is 7.11 Å². The lowest BCUT2D eigenvalue weighted by Crippen LogP contribution is -2.20. The quantitative estimate of drug-likeness (QED) is 0.712. The molecule has 0 aromatic carbocycles. The number of rotatable bonds is 5. The second-order valence-electron chi connectivity index (χ2n) is 5.53. The summed E-state index contributed by atoms with van der Waals surface area (Å²) in [5.41, 5.74) is 1.78. The van der Waals surface area contributed by atoms with Crippen LogP contribution < -0.4 is 10.3 Å². The Labute approximate surface area is 138 Å². The summed E-state index contributed by atoms with van der Waals surface area (Å²) < 4.78 is 8.49. The number of hydrogen-bond donors (Lipinski definition) is 0. The van der Waals surface area contributed by atoms with E-state index >= 15 is 0 Å². The van der Waals surface area contributed by atoms with Crippen molar-refractivity contribution in [1.82, 2.24) is 19.3 Å². The lowest BCUT2D eigenvalue weighted by atomic mass is 10.2. The molecule has 3 heterocycles. The van der Waals surface area contributed by atoms with Gasteiger partial charge in [0.2, 0.25) is 5.88 Å². The Balaban J connectivity index is 1.85. The fraction of sp³-hybridized carbons (Fsp3) is 0.294. The van der Waals surface area contributed by atoms with Gasteiger partial charge in [0.1, 0.15) is 11.6 Å². The molecule has 3 rings (SSSR count). The molecule has 0 bridgehead atoms. The summed E-state index contributed by atoms with van der Waals surface area (Å²) in [6.07, 6.45) is 7.21. The van der Waals surface area contributed by atoms with Gasteiger partial charge in [-0.1, -0.05) is 0 Å². The molecule has 0 spiro atoms. The minimum Gasteiger partial charge on any atom is -0.480 e. The number of nitrogens with zero attached hydrogens (tertiary/aromatic N) is 5. The summed E-state index contributed by atoms with van der Waals surface area (Å²) >= 11 is 0. The Bertz CT molecular complexity index is 981. The fourth-order valence-electron chi connectivity index (χ4n) is 2.66. The second-order valence-corrected chi connectivity index (χ2v) is 5.53. The average Bonchev–Trinajstić information content (AvgIpc) is 3.01. The largest absolute Gasteiger partial charge is 0.480 e. The molecule has 0 unspecified atom stereocenters. The van der Waals surface area contributed by atoms with Gasteiger partial charge in [-0.2, -0.15) is 10.4 Å². The van der Waals surface area contributed by atoms with Crippen LogP contribution in [0, 0.1) is 11.3 Å². The zero-order valence-electron chi connectivity index (χ0n) is 13.6. The highest BCUT2D eigenvalue weighted by molar-refractivity contribution is 5.79. The van der Waals surface area contributed by atoms with E-state index in [9.17, 15) is 4.79 Å². The van der Waals surface area contributed by atoms with Crippen molar-refractivity contribution < 1.29 is 4.74 Å². The monoisotopic (exact) mass is 323 g/mol. The Kier molecular flexibility index (Phi) is 4.29. The molecule has 24 heavy (non-hydrogen) atoms. The van der Waals surface area contributed by atoms with Crippen LogP contribution in [0.5, 0.6) is 5.88 Å². The van der Waals surface area contributed by atoms with Gasteiger partial charge in [0, 0.05) is 26.0 Å². The summed E-state index contributed by atoms with van der Waals surface area (Å²) in [5.74, 6) is 0.235. The number of methoxy groups -OCH3 is 1. The van der Waals surface area contributed by atoms with E-state index in [1.807, 2.05) is 25.5 Å².